The van der Waals surface area contributed by atoms with Gasteiger partial charge in [0.15, 0.2) is 0 Å². The number of para-hydroxylation sites is 1. The highest BCUT2D eigenvalue weighted by Crippen LogP contribution is 2.35. The first kappa shape index (κ1) is 9.90. The van der Waals surface area contributed by atoms with Gasteiger partial charge in [-0.05, 0) is 18.1 Å². The highest BCUT2D eigenvalue weighted by Gasteiger charge is 2.36. The summed E-state index contributed by atoms with van der Waals surface area (Å²) in [5.74, 6) is 0.587. The summed E-state index contributed by atoms with van der Waals surface area (Å²) in [6.45, 7) is 3.92. The number of rotatable bonds is 3. The molecule has 1 atom stereocenters. The van der Waals surface area contributed by atoms with E-state index >= 15 is 0 Å². The van der Waals surface area contributed by atoms with E-state index in [1.165, 1.54) is 0 Å². The van der Waals surface area contributed by atoms with Crippen LogP contribution < -0.4 is 4.90 Å². The average molecular weight is 201 g/mol. The van der Waals surface area contributed by atoms with Crippen LogP contribution in [-0.2, 0) is 4.79 Å². The van der Waals surface area contributed by atoms with Crippen LogP contribution >= 0.6 is 0 Å². The van der Waals surface area contributed by atoms with Gasteiger partial charge in [0.2, 0.25) is 6.29 Å². The van der Waals surface area contributed by atoms with Crippen LogP contribution in [0.5, 0.6) is 0 Å². The molecule has 2 rings (SSSR count). The van der Waals surface area contributed by atoms with E-state index in [9.17, 15) is 4.79 Å². The standard InChI is InChI=1S/C12H13N2O/c1-8(2)11(7-15)14-10-6-4-3-5-9(10)12(14)13/h3-6,8,11,13H,1-2H3/t11-/m1/s1. The molecule has 1 heterocycles. The Morgan fingerprint density at radius 1 is 1.33 bits per heavy atom. The molecule has 1 aromatic carbocycles. The first-order valence-corrected chi connectivity index (χ1v) is 5.01. The number of anilines is 1. The molecule has 0 bridgehead atoms. The molecule has 15 heavy (non-hydrogen) atoms. The predicted octanol–water partition coefficient (Wildman–Crippen LogP) is 1.97. The van der Waals surface area contributed by atoms with E-state index in [4.69, 9.17) is 5.41 Å². The summed E-state index contributed by atoms with van der Waals surface area (Å²) in [5, 5.41) is 7.84. The van der Waals surface area contributed by atoms with E-state index in [-0.39, 0.29) is 12.0 Å². The molecule has 1 aromatic rings. The topological polar surface area (TPSA) is 44.2 Å². The summed E-state index contributed by atoms with van der Waals surface area (Å²) >= 11 is 0. The van der Waals surface area contributed by atoms with Gasteiger partial charge in [0.25, 0.3) is 0 Å². The monoisotopic (exact) mass is 201 g/mol. The van der Waals surface area contributed by atoms with Crippen molar-refractivity contribution in [3.8, 4) is 0 Å². The minimum atomic E-state index is -0.340. The van der Waals surface area contributed by atoms with Crippen LogP contribution in [0.3, 0.4) is 0 Å². The van der Waals surface area contributed by atoms with Crippen molar-refractivity contribution in [3.63, 3.8) is 0 Å². The van der Waals surface area contributed by atoms with Crippen LogP contribution in [-0.4, -0.2) is 18.2 Å². The maximum Gasteiger partial charge on any atom is 0.223 e. The molecule has 0 saturated heterocycles. The number of nitrogens with zero attached hydrogens (tertiary/aromatic N) is 1. The molecule has 1 N–H and O–H groups in total. The SMILES string of the molecule is CC(C)[C@@H]([C]=O)N1C(=N)c2ccccc21. The number of carbonyl (C=O) groups excluding carboxylic acids is 1. The van der Waals surface area contributed by atoms with Crippen molar-refractivity contribution in [1.29, 1.82) is 5.41 Å². The van der Waals surface area contributed by atoms with E-state index in [0.717, 1.165) is 11.3 Å². The van der Waals surface area contributed by atoms with E-state index in [1.54, 1.807) is 4.90 Å². The zero-order valence-corrected chi connectivity index (χ0v) is 8.82. The van der Waals surface area contributed by atoms with Crippen molar-refractivity contribution in [3.05, 3.63) is 29.8 Å². The maximum absolute atomic E-state index is 10.9. The number of amidine groups is 1. The fraction of sp³-hybridized carbons (Fsp3) is 0.333. The highest BCUT2D eigenvalue weighted by molar-refractivity contribution is 6.22. The van der Waals surface area contributed by atoms with Crippen LogP contribution in [0.1, 0.15) is 19.4 Å². The van der Waals surface area contributed by atoms with Crippen LogP contribution in [0.25, 0.3) is 0 Å². The zero-order chi connectivity index (χ0) is 11.0. The minimum absolute atomic E-state index is 0.163. The molecule has 3 nitrogen and oxygen atoms in total. The Morgan fingerprint density at radius 3 is 2.60 bits per heavy atom. The fourth-order valence-corrected chi connectivity index (χ4v) is 1.86. The molecule has 0 amide bonds. The van der Waals surface area contributed by atoms with Gasteiger partial charge in [-0.3, -0.25) is 10.2 Å². The lowest BCUT2D eigenvalue weighted by Gasteiger charge is -2.41. The molecule has 1 radical (unpaired) electrons. The molecule has 1 aliphatic rings. The van der Waals surface area contributed by atoms with Gasteiger partial charge in [0.1, 0.15) is 11.9 Å². The minimum Gasteiger partial charge on any atom is -0.314 e. The highest BCUT2D eigenvalue weighted by atomic mass is 16.1. The summed E-state index contributed by atoms with van der Waals surface area (Å²) in [7, 11) is 0. The fourth-order valence-electron chi connectivity index (χ4n) is 1.86. The van der Waals surface area contributed by atoms with Crippen molar-refractivity contribution in [1.82, 2.24) is 0 Å². The average Bonchev–Trinajstić information content (AvgIpc) is 2.24. The molecule has 0 aromatic heterocycles. The van der Waals surface area contributed by atoms with Gasteiger partial charge in [0, 0.05) is 5.56 Å². The molecule has 0 saturated carbocycles. The summed E-state index contributed by atoms with van der Waals surface area (Å²) in [4.78, 5) is 12.6. The molecule has 0 fully saturated rings. The van der Waals surface area contributed by atoms with Crippen LogP contribution in [0, 0.1) is 11.3 Å². The molecule has 0 unspecified atom stereocenters. The Hall–Kier alpha value is -1.64. The summed E-state index contributed by atoms with van der Waals surface area (Å²) in [6.07, 6.45) is 2.01. The van der Waals surface area contributed by atoms with E-state index in [2.05, 4.69) is 0 Å². The second kappa shape index (κ2) is 3.50. The molecule has 3 heteroatoms. The van der Waals surface area contributed by atoms with E-state index in [1.807, 2.05) is 44.4 Å². The third kappa shape index (κ3) is 1.35. The van der Waals surface area contributed by atoms with Crippen LogP contribution in [0.15, 0.2) is 24.3 Å². The van der Waals surface area contributed by atoms with Crippen LogP contribution in [0.2, 0.25) is 0 Å². The maximum atomic E-state index is 10.9. The van der Waals surface area contributed by atoms with Gasteiger partial charge in [-0.1, -0.05) is 26.0 Å². The summed E-state index contributed by atoms with van der Waals surface area (Å²) in [6, 6.07) is 7.31. The van der Waals surface area contributed by atoms with Crippen molar-refractivity contribution in [2.45, 2.75) is 19.9 Å². The molecule has 0 aliphatic carbocycles. The number of fused-ring (bicyclic) bond motifs is 1. The smallest absolute Gasteiger partial charge is 0.223 e. The second-order valence-electron chi connectivity index (χ2n) is 4.04. The molecule has 77 valence electrons. The van der Waals surface area contributed by atoms with Crippen molar-refractivity contribution in [2.24, 2.45) is 5.92 Å². The lowest BCUT2D eigenvalue weighted by molar-refractivity contribution is 0.503. The summed E-state index contributed by atoms with van der Waals surface area (Å²) in [5.41, 5.74) is 1.88. The number of hydrogen-bond donors (Lipinski definition) is 1. The summed E-state index contributed by atoms with van der Waals surface area (Å²) < 4.78 is 0. The Bertz CT molecular complexity index is 412. The number of nitrogens with one attached hydrogen (secondary N) is 1. The van der Waals surface area contributed by atoms with Gasteiger partial charge in [0.05, 0.1) is 5.69 Å². The Kier molecular flexibility index (Phi) is 2.31. The quantitative estimate of drug-likeness (QED) is 0.812. The molecular formula is C12H13N2O. The molecule has 1 aliphatic heterocycles. The van der Waals surface area contributed by atoms with E-state index < -0.39 is 0 Å². The number of benzene rings is 1. The van der Waals surface area contributed by atoms with Gasteiger partial charge in [-0.25, -0.2) is 0 Å². The predicted molar refractivity (Wildman–Crippen MR) is 60.1 cm³/mol. The first-order chi connectivity index (χ1) is 7.16. The third-order valence-corrected chi connectivity index (χ3v) is 2.69. The van der Waals surface area contributed by atoms with Crippen molar-refractivity contribution >= 4 is 17.8 Å². The largest absolute Gasteiger partial charge is 0.314 e. The normalized spacial score (nSPS) is 15.9. The van der Waals surface area contributed by atoms with Gasteiger partial charge in [-0.15, -0.1) is 0 Å². The van der Waals surface area contributed by atoms with Gasteiger partial charge < -0.3 is 4.90 Å². The Morgan fingerprint density at radius 2 is 2.00 bits per heavy atom. The third-order valence-electron chi connectivity index (χ3n) is 2.69. The van der Waals surface area contributed by atoms with Gasteiger partial charge >= 0.3 is 0 Å². The van der Waals surface area contributed by atoms with E-state index in [0.29, 0.717) is 5.84 Å². The number of hydrogen-bond acceptors (Lipinski definition) is 2. The molecular weight excluding hydrogens is 188 g/mol. The molecule has 0 spiro atoms. The first-order valence-electron chi connectivity index (χ1n) is 5.01. The zero-order valence-electron chi connectivity index (χ0n) is 8.82. The lowest BCUT2D eigenvalue weighted by atomic mass is 9.94. The van der Waals surface area contributed by atoms with Crippen LogP contribution in [0.4, 0.5) is 5.69 Å². The second-order valence-corrected chi connectivity index (χ2v) is 4.04. The Labute approximate surface area is 89.2 Å². The van der Waals surface area contributed by atoms with Gasteiger partial charge in [-0.2, -0.15) is 0 Å². The van der Waals surface area contributed by atoms with Crippen molar-refractivity contribution in [2.75, 3.05) is 4.90 Å². The van der Waals surface area contributed by atoms with Crippen molar-refractivity contribution < 1.29 is 4.79 Å². The lowest BCUT2D eigenvalue weighted by Crippen LogP contribution is -2.51. The Balaban J connectivity index is 2.35.